The summed E-state index contributed by atoms with van der Waals surface area (Å²) in [4.78, 5) is 22.7. The lowest BCUT2D eigenvalue weighted by atomic mass is 10.0. The maximum Gasteiger partial charge on any atom is 0.249 e. The summed E-state index contributed by atoms with van der Waals surface area (Å²) in [6.07, 6.45) is 2.84. The molecule has 0 bridgehead atoms. The first-order chi connectivity index (χ1) is 10.0. The Bertz CT molecular complexity index is 519. The van der Waals surface area contributed by atoms with Gasteiger partial charge in [-0.1, -0.05) is 44.2 Å². The molecular formula is C16H21N3O2. The number of hydrazone groups is 1. The van der Waals surface area contributed by atoms with Crippen LogP contribution in [0.1, 0.15) is 37.3 Å². The van der Waals surface area contributed by atoms with E-state index in [1.54, 1.807) is 12.3 Å². The smallest absolute Gasteiger partial charge is 0.249 e. The standard InChI is InChI=1S/C16H21N3O2/c1-4-9-17-15(20)10-16(21)19-18-11-13-5-7-14(8-6-13)12(2)3/h4-8,11-12H,1,9-10H2,2-3H3,(H,17,20)(H,19,21)/b18-11+. The summed E-state index contributed by atoms with van der Waals surface area (Å²) in [5.41, 5.74) is 4.45. The number of hydrogen-bond donors (Lipinski definition) is 2. The lowest BCUT2D eigenvalue weighted by Crippen LogP contribution is -2.29. The van der Waals surface area contributed by atoms with E-state index in [1.165, 1.54) is 5.56 Å². The van der Waals surface area contributed by atoms with Crippen LogP contribution in [0.2, 0.25) is 0 Å². The van der Waals surface area contributed by atoms with Crippen molar-refractivity contribution < 1.29 is 9.59 Å². The van der Waals surface area contributed by atoms with Crippen LogP contribution in [0.5, 0.6) is 0 Å². The molecule has 0 unspecified atom stereocenters. The van der Waals surface area contributed by atoms with E-state index in [-0.39, 0.29) is 12.3 Å². The maximum atomic E-state index is 11.4. The molecule has 0 atom stereocenters. The molecule has 0 saturated carbocycles. The van der Waals surface area contributed by atoms with Crippen LogP contribution in [0.25, 0.3) is 0 Å². The monoisotopic (exact) mass is 287 g/mol. The molecule has 0 spiro atoms. The minimum Gasteiger partial charge on any atom is -0.352 e. The fraction of sp³-hybridized carbons (Fsp3) is 0.312. The largest absolute Gasteiger partial charge is 0.352 e. The number of carbonyl (C=O) groups excluding carboxylic acids is 2. The number of nitrogens with one attached hydrogen (secondary N) is 2. The van der Waals surface area contributed by atoms with Gasteiger partial charge < -0.3 is 5.32 Å². The first kappa shape index (κ1) is 16.6. The molecule has 2 amide bonds. The van der Waals surface area contributed by atoms with E-state index in [2.05, 4.69) is 36.3 Å². The van der Waals surface area contributed by atoms with Crippen molar-refractivity contribution in [2.75, 3.05) is 6.54 Å². The maximum absolute atomic E-state index is 11.4. The minimum atomic E-state index is -0.452. The van der Waals surface area contributed by atoms with E-state index in [0.29, 0.717) is 12.5 Å². The summed E-state index contributed by atoms with van der Waals surface area (Å²) in [5, 5.41) is 6.34. The summed E-state index contributed by atoms with van der Waals surface area (Å²) in [5.74, 6) is -0.333. The van der Waals surface area contributed by atoms with Gasteiger partial charge in [-0.15, -0.1) is 6.58 Å². The fourth-order valence-electron chi connectivity index (χ4n) is 1.58. The zero-order valence-electron chi connectivity index (χ0n) is 12.4. The Labute approximate surface area is 125 Å². The topological polar surface area (TPSA) is 70.6 Å². The molecule has 112 valence electrons. The number of benzene rings is 1. The van der Waals surface area contributed by atoms with Gasteiger partial charge in [0.15, 0.2) is 0 Å². The normalized spacial score (nSPS) is 10.6. The van der Waals surface area contributed by atoms with Gasteiger partial charge in [-0.25, -0.2) is 5.43 Å². The van der Waals surface area contributed by atoms with Crippen LogP contribution in [0.4, 0.5) is 0 Å². The third kappa shape index (κ3) is 6.51. The summed E-state index contributed by atoms with van der Waals surface area (Å²) >= 11 is 0. The number of nitrogens with zero attached hydrogens (tertiary/aromatic N) is 1. The molecule has 0 fully saturated rings. The molecule has 21 heavy (non-hydrogen) atoms. The number of rotatable bonds is 7. The predicted octanol–water partition coefficient (Wildman–Crippen LogP) is 1.95. The SMILES string of the molecule is C=CCNC(=O)CC(=O)N/N=C/c1ccc(C(C)C)cc1. The van der Waals surface area contributed by atoms with Crippen molar-refractivity contribution in [2.24, 2.45) is 5.10 Å². The van der Waals surface area contributed by atoms with Gasteiger partial charge in [0.25, 0.3) is 0 Å². The molecule has 0 aliphatic carbocycles. The second kappa shape index (κ2) is 8.68. The molecule has 5 nitrogen and oxygen atoms in total. The Morgan fingerprint density at radius 3 is 2.48 bits per heavy atom. The van der Waals surface area contributed by atoms with Crippen LogP contribution >= 0.6 is 0 Å². The number of amides is 2. The molecule has 0 aromatic heterocycles. The van der Waals surface area contributed by atoms with Crippen molar-refractivity contribution >= 4 is 18.0 Å². The number of carbonyl (C=O) groups is 2. The molecule has 0 radical (unpaired) electrons. The molecule has 0 aliphatic heterocycles. The predicted molar refractivity (Wildman–Crippen MR) is 84.1 cm³/mol. The third-order valence-corrected chi connectivity index (χ3v) is 2.77. The lowest BCUT2D eigenvalue weighted by Gasteiger charge is -2.04. The van der Waals surface area contributed by atoms with Gasteiger partial charge >= 0.3 is 0 Å². The van der Waals surface area contributed by atoms with Crippen LogP contribution in [0.15, 0.2) is 42.0 Å². The van der Waals surface area contributed by atoms with Gasteiger partial charge in [0, 0.05) is 6.54 Å². The zero-order chi connectivity index (χ0) is 15.7. The van der Waals surface area contributed by atoms with Gasteiger partial charge in [-0.2, -0.15) is 5.10 Å². The Balaban J connectivity index is 2.41. The second-order valence-electron chi connectivity index (χ2n) is 4.88. The van der Waals surface area contributed by atoms with Crippen LogP contribution < -0.4 is 10.7 Å². The zero-order valence-corrected chi connectivity index (χ0v) is 12.4. The summed E-state index contributed by atoms with van der Waals surface area (Å²) in [7, 11) is 0. The van der Waals surface area contributed by atoms with E-state index >= 15 is 0 Å². The van der Waals surface area contributed by atoms with Gasteiger partial charge in [-0.05, 0) is 17.0 Å². The lowest BCUT2D eigenvalue weighted by molar-refractivity contribution is -0.129. The average molecular weight is 287 g/mol. The average Bonchev–Trinajstić information content (AvgIpc) is 2.45. The molecule has 0 saturated heterocycles. The first-order valence-electron chi connectivity index (χ1n) is 6.82. The van der Waals surface area contributed by atoms with Crippen LogP contribution in [0.3, 0.4) is 0 Å². The van der Waals surface area contributed by atoms with Crippen molar-refractivity contribution in [1.29, 1.82) is 0 Å². The van der Waals surface area contributed by atoms with Crippen LogP contribution in [-0.2, 0) is 9.59 Å². The Hall–Kier alpha value is -2.43. The molecule has 0 aliphatic rings. The van der Waals surface area contributed by atoms with E-state index in [0.717, 1.165) is 5.56 Å². The molecule has 1 rings (SSSR count). The van der Waals surface area contributed by atoms with Crippen LogP contribution in [-0.4, -0.2) is 24.6 Å². The highest BCUT2D eigenvalue weighted by molar-refractivity contribution is 5.97. The van der Waals surface area contributed by atoms with E-state index in [4.69, 9.17) is 0 Å². The fourth-order valence-corrected chi connectivity index (χ4v) is 1.58. The first-order valence-corrected chi connectivity index (χ1v) is 6.82. The number of hydrogen-bond acceptors (Lipinski definition) is 3. The second-order valence-corrected chi connectivity index (χ2v) is 4.88. The van der Waals surface area contributed by atoms with E-state index < -0.39 is 5.91 Å². The van der Waals surface area contributed by atoms with E-state index in [9.17, 15) is 9.59 Å². The summed E-state index contributed by atoms with van der Waals surface area (Å²) in [6.45, 7) is 8.07. The third-order valence-electron chi connectivity index (χ3n) is 2.77. The molecule has 0 heterocycles. The minimum absolute atomic E-state index is 0.253. The highest BCUT2D eigenvalue weighted by atomic mass is 16.2. The Morgan fingerprint density at radius 1 is 1.24 bits per heavy atom. The summed E-state index contributed by atoms with van der Waals surface area (Å²) < 4.78 is 0. The van der Waals surface area contributed by atoms with Crippen molar-refractivity contribution in [3.05, 3.63) is 48.0 Å². The molecule has 5 heteroatoms. The van der Waals surface area contributed by atoms with Gasteiger partial charge in [0.05, 0.1) is 6.21 Å². The van der Waals surface area contributed by atoms with Gasteiger partial charge in [0.1, 0.15) is 6.42 Å². The van der Waals surface area contributed by atoms with E-state index in [1.807, 2.05) is 24.3 Å². The highest BCUT2D eigenvalue weighted by Gasteiger charge is 2.06. The Morgan fingerprint density at radius 2 is 1.90 bits per heavy atom. The van der Waals surface area contributed by atoms with Crippen molar-refractivity contribution in [3.63, 3.8) is 0 Å². The summed E-state index contributed by atoms with van der Waals surface area (Å²) in [6, 6.07) is 7.91. The van der Waals surface area contributed by atoms with Crippen molar-refractivity contribution in [1.82, 2.24) is 10.7 Å². The molecule has 2 N–H and O–H groups in total. The Kier molecular flexibility index (Phi) is 6.87. The van der Waals surface area contributed by atoms with Crippen molar-refractivity contribution in [2.45, 2.75) is 26.2 Å². The van der Waals surface area contributed by atoms with Gasteiger partial charge in [0.2, 0.25) is 11.8 Å². The van der Waals surface area contributed by atoms with Crippen molar-refractivity contribution in [3.8, 4) is 0 Å². The molecular weight excluding hydrogens is 266 g/mol. The highest BCUT2D eigenvalue weighted by Crippen LogP contribution is 2.13. The van der Waals surface area contributed by atoms with Gasteiger partial charge in [-0.3, -0.25) is 9.59 Å². The molecule has 1 aromatic carbocycles. The quantitative estimate of drug-likeness (QED) is 0.348. The van der Waals surface area contributed by atoms with Crippen LogP contribution in [0, 0.1) is 0 Å². The molecule has 1 aromatic rings.